The van der Waals surface area contributed by atoms with Crippen LogP contribution in [0.4, 0.5) is 15.8 Å². The van der Waals surface area contributed by atoms with E-state index in [1.807, 2.05) is 25.1 Å². The van der Waals surface area contributed by atoms with E-state index < -0.39 is 10.7 Å². The lowest BCUT2D eigenvalue weighted by atomic mass is 10.2. The van der Waals surface area contributed by atoms with Gasteiger partial charge in [-0.3, -0.25) is 10.1 Å². The number of rotatable bonds is 4. The summed E-state index contributed by atoms with van der Waals surface area (Å²) >= 11 is 1.35. The van der Waals surface area contributed by atoms with Gasteiger partial charge in [-0.05, 0) is 36.8 Å². The first-order chi connectivity index (χ1) is 9.47. The lowest BCUT2D eigenvalue weighted by molar-refractivity contribution is -0.385. The largest absolute Gasteiger partial charge is 0.398 e. The van der Waals surface area contributed by atoms with Crippen LogP contribution in [0.1, 0.15) is 11.1 Å². The number of nitro groups is 1. The number of nitrogens with two attached hydrogens (primary N) is 1. The Morgan fingerprint density at radius 3 is 2.70 bits per heavy atom. The Morgan fingerprint density at radius 1 is 1.30 bits per heavy atom. The first kappa shape index (κ1) is 14.3. The average molecular weight is 292 g/mol. The molecule has 4 nitrogen and oxygen atoms in total. The smallest absolute Gasteiger partial charge is 0.273 e. The Labute approximate surface area is 119 Å². The van der Waals surface area contributed by atoms with Crippen molar-refractivity contribution in [3.05, 3.63) is 63.5 Å². The number of hydrogen-bond donors (Lipinski definition) is 1. The molecule has 0 unspecified atom stereocenters. The van der Waals surface area contributed by atoms with E-state index in [0.717, 1.165) is 16.5 Å². The molecule has 2 aromatic rings. The van der Waals surface area contributed by atoms with Crippen molar-refractivity contribution in [1.82, 2.24) is 0 Å². The van der Waals surface area contributed by atoms with Gasteiger partial charge in [-0.15, -0.1) is 11.8 Å². The second-order valence-corrected chi connectivity index (χ2v) is 5.38. The van der Waals surface area contributed by atoms with Crippen LogP contribution < -0.4 is 5.73 Å². The van der Waals surface area contributed by atoms with E-state index in [2.05, 4.69) is 0 Å². The molecule has 0 radical (unpaired) electrons. The molecule has 20 heavy (non-hydrogen) atoms. The molecule has 2 N–H and O–H groups in total. The minimum atomic E-state index is -0.506. The molecule has 0 aliphatic heterocycles. The minimum absolute atomic E-state index is 0.0791. The van der Waals surface area contributed by atoms with Gasteiger partial charge in [-0.2, -0.15) is 0 Å². The summed E-state index contributed by atoms with van der Waals surface area (Å²) < 4.78 is 13.2. The molecule has 0 saturated heterocycles. The van der Waals surface area contributed by atoms with Crippen LogP contribution in [0.3, 0.4) is 0 Å². The molecule has 2 aromatic carbocycles. The highest BCUT2D eigenvalue weighted by Crippen LogP contribution is 2.32. The third kappa shape index (κ3) is 3.27. The average Bonchev–Trinajstić information content (AvgIpc) is 2.37. The molecule has 104 valence electrons. The van der Waals surface area contributed by atoms with Gasteiger partial charge in [0.1, 0.15) is 5.82 Å². The maximum absolute atomic E-state index is 13.2. The van der Waals surface area contributed by atoms with Crippen molar-refractivity contribution in [2.45, 2.75) is 17.6 Å². The van der Waals surface area contributed by atoms with Gasteiger partial charge < -0.3 is 5.73 Å². The van der Waals surface area contributed by atoms with E-state index in [0.29, 0.717) is 17.0 Å². The van der Waals surface area contributed by atoms with Gasteiger partial charge in [0.15, 0.2) is 0 Å². The van der Waals surface area contributed by atoms with Gasteiger partial charge in [0.2, 0.25) is 0 Å². The van der Waals surface area contributed by atoms with Crippen LogP contribution in [0.2, 0.25) is 0 Å². The first-order valence-electron chi connectivity index (χ1n) is 5.89. The fraction of sp³-hybridized carbons (Fsp3) is 0.143. The molecule has 0 atom stereocenters. The Bertz CT molecular complexity index is 662. The molecule has 0 aromatic heterocycles. The third-order valence-electron chi connectivity index (χ3n) is 2.79. The molecule has 0 saturated carbocycles. The summed E-state index contributed by atoms with van der Waals surface area (Å²) in [6.07, 6.45) is 0. The number of thioether (sulfide) groups is 1. The summed E-state index contributed by atoms with van der Waals surface area (Å²) in [6.45, 7) is 1.93. The topological polar surface area (TPSA) is 69.2 Å². The second kappa shape index (κ2) is 5.92. The molecule has 0 heterocycles. The van der Waals surface area contributed by atoms with Crippen LogP contribution in [-0.4, -0.2) is 4.92 Å². The second-order valence-electron chi connectivity index (χ2n) is 4.36. The number of nitro benzene ring substituents is 1. The first-order valence-corrected chi connectivity index (χ1v) is 6.87. The Hall–Kier alpha value is -2.08. The van der Waals surface area contributed by atoms with Gasteiger partial charge in [0.25, 0.3) is 5.69 Å². The maximum atomic E-state index is 13.2. The van der Waals surface area contributed by atoms with Crippen molar-refractivity contribution >= 4 is 23.1 Å². The van der Waals surface area contributed by atoms with E-state index in [1.54, 1.807) is 0 Å². The summed E-state index contributed by atoms with van der Waals surface area (Å²) in [4.78, 5) is 11.2. The zero-order valence-corrected chi connectivity index (χ0v) is 11.6. The lowest BCUT2D eigenvalue weighted by Gasteiger charge is -2.07. The van der Waals surface area contributed by atoms with Crippen LogP contribution in [-0.2, 0) is 5.75 Å². The zero-order valence-electron chi connectivity index (χ0n) is 10.8. The maximum Gasteiger partial charge on any atom is 0.273 e. The lowest BCUT2D eigenvalue weighted by Crippen LogP contribution is -1.96. The predicted molar refractivity (Wildman–Crippen MR) is 78.2 cm³/mol. The monoisotopic (exact) mass is 292 g/mol. The summed E-state index contributed by atoms with van der Waals surface area (Å²) in [5.41, 5.74) is 7.82. The van der Waals surface area contributed by atoms with Crippen molar-refractivity contribution in [3.63, 3.8) is 0 Å². The SMILES string of the molecule is Cc1ccc(SCc2cc(F)ccc2[N+](=O)[O-])c(N)c1. The molecule has 0 aliphatic carbocycles. The summed E-state index contributed by atoms with van der Waals surface area (Å²) in [7, 11) is 0. The fourth-order valence-corrected chi connectivity index (χ4v) is 2.73. The number of nitrogen functional groups attached to an aromatic ring is 1. The molecule has 0 amide bonds. The molecule has 6 heteroatoms. The fourth-order valence-electron chi connectivity index (χ4n) is 1.80. The minimum Gasteiger partial charge on any atom is -0.398 e. The number of aryl methyl sites for hydroxylation is 1. The predicted octanol–water partition coefficient (Wildman–Crippen LogP) is 3.92. The number of nitrogens with zero attached hydrogens (tertiary/aromatic N) is 1. The quantitative estimate of drug-likeness (QED) is 0.401. The highest BCUT2D eigenvalue weighted by atomic mass is 32.2. The van der Waals surface area contributed by atoms with E-state index in [1.165, 1.54) is 23.9 Å². The number of anilines is 1. The van der Waals surface area contributed by atoms with Gasteiger partial charge in [0, 0.05) is 28.0 Å². The van der Waals surface area contributed by atoms with Crippen molar-refractivity contribution in [2.24, 2.45) is 0 Å². The zero-order chi connectivity index (χ0) is 14.7. The van der Waals surface area contributed by atoms with Crippen molar-refractivity contribution in [3.8, 4) is 0 Å². The van der Waals surface area contributed by atoms with Gasteiger partial charge in [-0.1, -0.05) is 6.07 Å². The summed E-state index contributed by atoms with van der Waals surface area (Å²) in [5.74, 6) is -0.190. The molecule has 0 fully saturated rings. The van der Waals surface area contributed by atoms with E-state index in [9.17, 15) is 14.5 Å². The van der Waals surface area contributed by atoms with Crippen LogP contribution in [0.25, 0.3) is 0 Å². The number of benzene rings is 2. The summed E-state index contributed by atoms with van der Waals surface area (Å²) in [6, 6.07) is 9.08. The van der Waals surface area contributed by atoms with Crippen LogP contribution >= 0.6 is 11.8 Å². The molecule has 2 rings (SSSR count). The van der Waals surface area contributed by atoms with Crippen LogP contribution in [0.5, 0.6) is 0 Å². The number of halogens is 1. The highest BCUT2D eigenvalue weighted by molar-refractivity contribution is 7.98. The summed E-state index contributed by atoms with van der Waals surface area (Å²) in [5, 5.41) is 10.9. The Morgan fingerprint density at radius 2 is 2.05 bits per heavy atom. The van der Waals surface area contributed by atoms with Gasteiger partial charge in [-0.25, -0.2) is 4.39 Å². The third-order valence-corrected chi connectivity index (χ3v) is 3.92. The normalized spacial score (nSPS) is 10.5. The van der Waals surface area contributed by atoms with Crippen molar-refractivity contribution in [1.29, 1.82) is 0 Å². The number of hydrogen-bond acceptors (Lipinski definition) is 4. The van der Waals surface area contributed by atoms with Crippen LogP contribution in [0, 0.1) is 22.9 Å². The van der Waals surface area contributed by atoms with Gasteiger partial charge >= 0.3 is 0 Å². The molecular formula is C14H13FN2O2S. The van der Waals surface area contributed by atoms with E-state index in [4.69, 9.17) is 5.73 Å². The van der Waals surface area contributed by atoms with Crippen molar-refractivity contribution in [2.75, 3.05) is 5.73 Å². The highest BCUT2D eigenvalue weighted by Gasteiger charge is 2.15. The molecular weight excluding hydrogens is 279 g/mol. The standard InChI is InChI=1S/C14H13FN2O2S/c1-9-2-5-14(12(16)6-9)20-8-10-7-11(15)3-4-13(10)17(18)19/h2-7H,8,16H2,1H3. The molecule has 0 spiro atoms. The Balaban J connectivity index is 2.22. The Kier molecular flexibility index (Phi) is 4.24. The van der Waals surface area contributed by atoms with Crippen LogP contribution in [0.15, 0.2) is 41.3 Å². The van der Waals surface area contributed by atoms with E-state index in [-0.39, 0.29) is 5.69 Å². The molecule has 0 aliphatic rings. The van der Waals surface area contributed by atoms with Gasteiger partial charge in [0.05, 0.1) is 4.92 Å². The van der Waals surface area contributed by atoms with E-state index >= 15 is 0 Å². The molecule has 0 bridgehead atoms. The van der Waals surface area contributed by atoms with Crippen molar-refractivity contribution < 1.29 is 9.31 Å².